The molecule has 1 aliphatic heterocycles. The second-order valence-corrected chi connectivity index (χ2v) is 10.9. The van der Waals surface area contributed by atoms with Crippen molar-refractivity contribution in [1.29, 1.82) is 0 Å². The highest BCUT2D eigenvalue weighted by molar-refractivity contribution is 8.03. The first-order valence-electron chi connectivity index (χ1n) is 12.8. The Labute approximate surface area is 243 Å². The van der Waals surface area contributed by atoms with E-state index < -0.39 is 11.5 Å². The van der Waals surface area contributed by atoms with Crippen molar-refractivity contribution in [3.8, 4) is 5.75 Å². The predicted molar refractivity (Wildman–Crippen MR) is 159 cm³/mol. The molecule has 3 N–H and O–H groups in total. The molecule has 39 heavy (non-hydrogen) atoms. The molecule has 2 aromatic carbocycles. The SMILES string of the molecule is CCCCCCO[C@@H](C)c1cccc(C2=CSC(NC(=O)c3cc(Cl)c(/C=C(\C)C(=O)O)c(Cl)c3)N2)c1OC. The number of amides is 1. The zero-order chi connectivity index (χ0) is 28.5. The number of aliphatic carboxylic acids is 1. The monoisotopic (exact) mass is 592 g/mol. The summed E-state index contributed by atoms with van der Waals surface area (Å²) in [5.41, 5.74) is 2.90. The number of carboxylic acid groups (broad SMARTS) is 1. The zero-order valence-corrected chi connectivity index (χ0v) is 24.8. The molecule has 2 atom stereocenters. The molecule has 10 heteroatoms. The molecule has 3 rings (SSSR count). The van der Waals surface area contributed by atoms with Gasteiger partial charge < -0.3 is 25.2 Å². The zero-order valence-electron chi connectivity index (χ0n) is 22.5. The predicted octanol–water partition coefficient (Wildman–Crippen LogP) is 7.50. The lowest BCUT2D eigenvalue weighted by Crippen LogP contribution is -2.39. The molecule has 1 heterocycles. The van der Waals surface area contributed by atoms with E-state index in [-0.39, 0.29) is 33.2 Å². The molecule has 0 saturated carbocycles. The molecule has 210 valence electrons. The molecule has 0 spiro atoms. The number of carboxylic acids is 1. The van der Waals surface area contributed by atoms with E-state index in [0.717, 1.165) is 35.4 Å². The molecule has 0 aliphatic carbocycles. The first kappa shape index (κ1) is 30.9. The van der Waals surface area contributed by atoms with Crippen LogP contribution in [-0.2, 0) is 9.53 Å². The molecule has 1 unspecified atom stereocenters. The van der Waals surface area contributed by atoms with Crippen LogP contribution in [0.5, 0.6) is 5.75 Å². The fourth-order valence-electron chi connectivity index (χ4n) is 4.08. The van der Waals surface area contributed by atoms with Gasteiger partial charge in [-0.1, -0.05) is 73.3 Å². The maximum absolute atomic E-state index is 13.0. The van der Waals surface area contributed by atoms with E-state index in [9.17, 15) is 9.59 Å². The van der Waals surface area contributed by atoms with Gasteiger partial charge in [-0.3, -0.25) is 4.79 Å². The van der Waals surface area contributed by atoms with Gasteiger partial charge in [0.2, 0.25) is 0 Å². The maximum Gasteiger partial charge on any atom is 0.331 e. The molecular formula is C29H34Cl2N2O5S. The highest BCUT2D eigenvalue weighted by Crippen LogP contribution is 2.37. The summed E-state index contributed by atoms with van der Waals surface area (Å²) in [4.78, 5) is 24.1. The van der Waals surface area contributed by atoms with Gasteiger partial charge in [-0.25, -0.2) is 4.79 Å². The van der Waals surface area contributed by atoms with Crippen molar-refractivity contribution in [1.82, 2.24) is 10.6 Å². The Bertz CT molecular complexity index is 1240. The number of carbonyl (C=O) groups excluding carboxylic acids is 1. The van der Waals surface area contributed by atoms with Crippen LogP contribution in [-0.4, -0.2) is 36.2 Å². The van der Waals surface area contributed by atoms with E-state index in [4.69, 9.17) is 37.8 Å². The topological polar surface area (TPSA) is 96.9 Å². The molecule has 0 aromatic heterocycles. The highest BCUT2D eigenvalue weighted by atomic mass is 35.5. The Morgan fingerprint density at radius 3 is 2.56 bits per heavy atom. The van der Waals surface area contributed by atoms with E-state index >= 15 is 0 Å². The number of hydrogen-bond acceptors (Lipinski definition) is 6. The lowest BCUT2D eigenvalue weighted by molar-refractivity contribution is -0.132. The van der Waals surface area contributed by atoms with Crippen molar-refractivity contribution in [3.05, 3.63) is 73.6 Å². The molecule has 2 aromatic rings. The first-order chi connectivity index (χ1) is 18.7. The number of para-hydroxylation sites is 1. The maximum atomic E-state index is 13.0. The van der Waals surface area contributed by atoms with Gasteiger partial charge in [0.1, 0.15) is 5.75 Å². The Balaban J connectivity index is 1.67. The summed E-state index contributed by atoms with van der Waals surface area (Å²) in [6.07, 6.45) is 5.83. The fraction of sp³-hybridized carbons (Fsp3) is 0.379. The molecule has 0 saturated heterocycles. The summed E-state index contributed by atoms with van der Waals surface area (Å²) in [5, 5.41) is 17.7. The molecule has 1 aliphatic rings. The summed E-state index contributed by atoms with van der Waals surface area (Å²) in [6.45, 7) is 6.35. The van der Waals surface area contributed by atoms with Gasteiger partial charge in [0.05, 0.1) is 29.0 Å². The number of halogens is 2. The van der Waals surface area contributed by atoms with Crippen molar-refractivity contribution in [3.63, 3.8) is 0 Å². The third-order valence-corrected chi connectivity index (χ3v) is 7.76. The summed E-state index contributed by atoms with van der Waals surface area (Å²) < 4.78 is 11.9. The third kappa shape index (κ3) is 8.18. The summed E-state index contributed by atoms with van der Waals surface area (Å²) >= 11 is 14.0. The van der Waals surface area contributed by atoms with Crippen LogP contribution < -0.4 is 15.4 Å². The van der Waals surface area contributed by atoms with Gasteiger partial charge in [-0.15, -0.1) is 0 Å². The van der Waals surface area contributed by atoms with E-state index in [1.807, 2.05) is 30.5 Å². The van der Waals surface area contributed by atoms with Gasteiger partial charge in [-0.05, 0) is 50.0 Å². The number of nitrogens with one attached hydrogen (secondary N) is 2. The standard InChI is InChI=1S/C29H34Cl2N2O5S/c1-5-6-7-8-12-38-18(3)20-10-9-11-21(26(20)37-4)25-16-39-29(32-25)33-27(34)19-14-23(30)22(24(31)15-19)13-17(2)28(35)36/h9-11,13-16,18,29,32H,5-8,12H2,1-4H3,(H,33,34)(H,35,36)/b17-13+/t18-,29?/m0/s1. The Kier molecular flexibility index (Phi) is 11.6. The van der Waals surface area contributed by atoms with Crippen molar-refractivity contribution >= 4 is 58.6 Å². The van der Waals surface area contributed by atoms with Crippen LogP contribution in [0.15, 0.2) is 41.3 Å². The van der Waals surface area contributed by atoms with E-state index in [1.165, 1.54) is 49.7 Å². The van der Waals surface area contributed by atoms with Crippen molar-refractivity contribution in [2.75, 3.05) is 13.7 Å². The Morgan fingerprint density at radius 2 is 1.92 bits per heavy atom. The van der Waals surface area contributed by atoms with Crippen LogP contribution in [0.3, 0.4) is 0 Å². The van der Waals surface area contributed by atoms with Crippen molar-refractivity contribution in [2.45, 2.75) is 58.1 Å². The van der Waals surface area contributed by atoms with Gasteiger partial charge in [0.15, 0.2) is 5.50 Å². The lowest BCUT2D eigenvalue weighted by Gasteiger charge is -2.21. The number of carbonyl (C=O) groups is 2. The number of hydrogen-bond donors (Lipinski definition) is 3. The van der Waals surface area contributed by atoms with Gasteiger partial charge in [-0.2, -0.15) is 0 Å². The highest BCUT2D eigenvalue weighted by Gasteiger charge is 2.25. The molecule has 7 nitrogen and oxygen atoms in total. The number of thioether (sulfide) groups is 1. The second kappa shape index (κ2) is 14.7. The van der Waals surface area contributed by atoms with Gasteiger partial charge in [0, 0.05) is 34.4 Å². The second-order valence-electron chi connectivity index (χ2n) is 9.15. The number of rotatable bonds is 13. The van der Waals surface area contributed by atoms with Crippen molar-refractivity contribution < 1.29 is 24.2 Å². The average molecular weight is 594 g/mol. The number of benzene rings is 2. The minimum Gasteiger partial charge on any atom is -0.496 e. The third-order valence-electron chi connectivity index (χ3n) is 6.25. The van der Waals surface area contributed by atoms with E-state index in [1.54, 1.807) is 7.11 Å². The van der Waals surface area contributed by atoms with Crippen LogP contribution in [0.1, 0.15) is 79.6 Å². The van der Waals surface area contributed by atoms with Crippen LogP contribution in [0.2, 0.25) is 10.0 Å². The quantitative estimate of drug-likeness (QED) is 0.164. The molecule has 0 fully saturated rings. The molecule has 0 bridgehead atoms. The van der Waals surface area contributed by atoms with Gasteiger partial charge >= 0.3 is 5.97 Å². The number of unbranched alkanes of at least 4 members (excludes halogenated alkanes) is 3. The van der Waals surface area contributed by atoms with Crippen LogP contribution in [0.4, 0.5) is 0 Å². The summed E-state index contributed by atoms with van der Waals surface area (Å²) in [6, 6.07) is 8.87. The lowest BCUT2D eigenvalue weighted by atomic mass is 10.0. The van der Waals surface area contributed by atoms with Crippen LogP contribution in [0, 0.1) is 0 Å². The molecule has 1 amide bonds. The van der Waals surface area contributed by atoms with Crippen LogP contribution in [0.25, 0.3) is 11.8 Å². The van der Waals surface area contributed by atoms with Gasteiger partial charge in [0.25, 0.3) is 5.91 Å². The Morgan fingerprint density at radius 1 is 1.21 bits per heavy atom. The fourth-order valence-corrected chi connectivity index (χ4v) is 5.52. The number of ether oxygens (including phenoxy) is 2. The first-order valence-corrected chi connectivity index (χ1v) is 14.5. The minimum absolute atomic E-state index is 0.0774. The van der Waals surface area contributed by atoms with E-state index in [2.05, 4.69) is 17.6 Å². The normalized spacial score (nSPS) is 15.9. The smallest absolute Gasteiger partial charge is 0.331 e. The van der Waals surface area contributed by atoms with Crippen molar-refractivity contribution in [2.24, 2.45) is 0 Å². The largest absolute Gasteiger partial charge is 0.496 e. The Hall–Kier alpha value is -2.65. The van der Waals surface area contributed by atoms with E-state index in [0.29, 0.717) is 12.2 Å². The average Bonchev–Trinajstić information content (AvgIpc) is 3.37. The van der Waals surface area contributed by atoms with Crippen LogP contribution >= 0.6 is 35.0 Å². The summed E-state index contributed by atoms with van der Waals surface area (Å²) in [7, 11) is 1.64. The summed E-state index contributed by atoms with van der Waals surface area (Å²) in [5.74, 6) is -0.735. The molecule has 0 radical (unpaired) electrons. The minimum atomic E-state index is -1.08. The molecular weight excluding hydrogens is 559 g/mol. The number of methoxy groups -OCH3 is 1.